The number of hydrogen-bond donors (Lipinski definition) is 1. The first-order valence-corrected chi connectivity index (χ1v) is 10.1. The van der Waals surface area contributed by atoms with E-state index in [2.05, 4.69) is 29.2 Å². The van der Waals surface area contributed by atoms with Gasteiger partial charge in [-0.25, -0.2) is 4.98 Å². The van der Waals surface area contributed by atoms with Gasteiger partial charge in [-0.15, -0.1) is 11.3 Å². The molecule has 2 heterocycles. The molecule has 0 atom stereocenters. The molecule has 1 N–H and O–H groups in total. The molecule has 0 spiro atoms. The third-order valence-electron chi connectivity index (χ3n) is 4.49. The first-order valence-electron chi connectivity index (χ1n) is 9.18. The van der Waals surface area contributed by atoms with Gasteiger partial charge < -0.3 is 5.32 Å². The number of thiazole rings is 1. The number of benzene rings is 1. The highest BCUT2D eigenvalue weighted by Crippen LogP contribution is 2.23. The Hall–Kier alpha value is -2.47. The monoisotopic (exact) mass is 382 g/mol. The summed E-state index contributed by atoms with van der Waals surface area (Å²) in [6.07, 6.45) is 0.336. The van der Waals surface area contributed by atoms with E-state index in [1.165, 1.54) is 0 Å². The van der Waals surface area contributed by atoms with Crippen molar-refractivity contribution < 1.29 is 4.79 Å². The highest BCUT2D eigenvalue weighted by molar-refractivity contribution is 7.09. The van der Waals surface area contributed by atoms with Gasteiger partial charge in [0.2, 0.25) is 5.91 Å². The normalized spacial score (nSPS) is 11.2. The SMILES string of the molecule is Cc1nc(-c2ccc(NC(=O)Cc3c(C)nn(CC(C)C)c3C)cc2)cs1. The molecule has 1 amide bonds. The van der Waals surface area contributed by atoms with Crippen LogP contribution in [-0.2, 0) is 17.8 Å². The zero-order valence-electron chi connectivity index (χ0n) is 16.5. The van der Waals surface area contributed by atoms with Crippen LogP contribution in [0, 0.1) is 26.7 Å². The Morgan fingerprint density at radius 2 is 1.89 bits per heavy atom. The van der Waals surface area contributed by atoms with Crippen molar-refractivity contribution in [3.63, 3.8) is 0 Å². The number of aryl methyl sites for hydroxylation is 2. The number of carbonyl (C=O) groups is 1. The van der Waals surface area contributed by atoms with Crippen LogP contribution >= 0.6 is 11.3 Å². The zero-order chi connectivity index (χ0) is 19.6. The van der Waals surface area contributed by atoms with E-state index in [1.807, 2.05) is 55.1 Å². The van der Waals surface area contributed by atoms with E-state index in [-0.39, 0.29) is 5.91 Å². The van der Waals surface area contributed by atoms with E-state index in [1.54, 1.807) is 11.3 Å². The van der Waals surface area contributed by atoms with Gasteiger partial charge in [-0.05, 0) is 38.8 Å². The molecule has 0 bridgehead atoms. The smallest absolute Gasteiger partial charge is 0.228 e. The molecule has 6 heteroatoms. The van der Waals surface area contributed by atoms with Crippen LogP contribution in [0.25, 0.3) is 11.3 Å². The lowest BCUT2D eigenvalue weighted by molar-refractivity contribution is -0.115. The Labute approximate surface area is 164 Å². The first kappa shape index (κ1) is 19.3. The molecule has 0 radical (unpaired) electrons. The summed E-state index contributed by atoms with van der Waals surface area (Å²) in [4.78, 5) is 17.0. The van der Waals surface area contributed by atoms with Gasteiger partial charge in [0.1, 0.15) is 0 Å². The fourth-order valence-electron chi connectivity index (χ4n) is 3.10. The third kappa shape index (κ3) is 4.63. The maximum absolute atomic E-state index is 12.5. The number of aromatic nitrogens is 3. The van der Waals surface area contributed by atoms with Crippen LogP contribution in [0.1, 0.15) is 35.8 Å². The Morgan fingerprint density at radius 1 is 1.19 bits per heavy atom. The van der Waals surface area contributed by atoms with Gasteiger partial charge in [0.25, 0.3) is 0 Å². The predicted octanol–water partition coefficient (Wildman–Crippen LogP) is 4.77. The number of rotatable bonds is 6. The van der Waals surface area contributed by atoms with E-state index in [4.69, 9.17) is 0 Å². The Bertz CT molecular complexity index is 938. The number of hydrogen-bond acceptors (Lipinski definition) is 4. The van der Waals surface area contributed by atoms with E-state index >= 15 is 0 Å². The van der Waals surface area contributed by atoms with E-state index in [0.717, 1.165) is 45.4 Å². The number of amides is 1. The highest BCUT2D eigenvalue weighted by atomic mass is 32.1. The average molecular weight is 383 g/mol. The Balaban J connectivity index is 1.67. The topological polar surface area (TPSA) is 59.8 Å². The molecule has 0 unspecified atom stereocenters. The van der Waals surface area contributed by atoms with Crippen LogP contribution in [0.3, 0.4) is 0 Å². The van der Waals surface area contributed by atoms with E-state index < -0.39 is 0 Å². The Morgan fingerprint density at radius 3 is 2.48 bits per heavy atom. The molecule has 27 heavy (non-hydrogen) atoms. The summed E-state index contributed by atoms with van der Waals surface area (Å²) < 4.78 is 2.01. The summed E-state index contributed by atoms with van der Waals surface area (Å²) in [5.74, 6) is 0.493. The van der Waals surface area contributed by atoms with Crippen LogP contribution < -0.4 is 5.32 Å². The second-order valence-electron chi connectivity index (χ2n) is 7.28. The molecule has 3 aromatic rings. The van der Waals surface area contributed by atoms with Crippen LogP contribution in [-0.4, -0.2) is 20.7 Å². The number of carbonyl (C=O) groups excluding carboxylic acids is 1. The standard InChI is InChI=1S/C21H26N4OS/c1-13(2)11-25-15(4)19(14(3)24-25)10-21(26)23-18-8-6-17(7-9-18)20-12-27-16(5)22-20/h6-9,12-13H,10-11H2,1-5H3,(H,23,26). The van der Waals surface area contributed by atoms with Crippen molar-refractivity contribution in [1.82, 2.24) is 14.8 Å². The van der Waals surface area contributed by atoms with Crippen molar-refractivity contribution in [2.75, 3.05) is 5.32 Å². The summed E-state index contributed by atoms with van der Waals surface area (Å²) in [6.45, 7) is 11.2. The zero-order valence-corrected chi connectivity index (χ0v) is 17.4. The lowest BCUT2D eigenvalue weighted by atomic mass is 10.1. The highest BCUT2D eigenvalue weighted by Gasteiger charge is 2.15. The molecule has 1 aromatic carbocycles. The molecule has 142 valence electrons. The molecule has 0 saturated carbocycles. The molecule has 0 saturated heterocycles. The minimum absolute atomic E-state index is 0.0254. The molecule has 0 aliphatic rings. The summed E-state index contributed by atoms with van der Waals surface area (Å²) >= 11 is 1.63. The molecule has 3 rings (SSSR count). The van der Waals surface area contributed by atoms with Crippen LogP contribution in [0.5, 0.6) is 0 Å². The van der Waals surface area contributed by atoms with Gasteiger partial charge in [-0.1, -0.05) is 26.0 Å². The van der Waals surface area contributed by atoms with Crippen molar-refractivity contribution in [1.29, 1.82) is 0 Å². The predicted molar refractivity (Wildman–Crippen MR) is 111 cm³/mol. The van der Waals surface area contributed by atoms with Crippen LogP contribution in [0.2, 0.25) is 0 Å². The first-order chi connectivity index (χ1) is 12.8. The maximum atomic E-state index is 12.5. The number of nitrogens with one attached hydrogen (secondary N) is 1. The van der Waals surface area contributed by atoms with E-state index in [0.29, 0.717) is 12.3 Å². The lowest BCUT2D eigenvalue weighted by Gasteiger charge is -2.09. The molecule has 5 nitrogen and oxygen atoms in total. The maximum Gasteiger partial charge on any atom is 0.228 e. The largest absolute Gasteiger partial charge is 0.326 e. The average Bonchev–Trinajstić information content (AvgIpc) is 3.14. The van der Waals surface area contributed by atoms with Crippen LogP contribution in [0.4, 0.5) is 5.69 Å². The fraction of sp³-hybridized carbons (Fsp3) is 0.381. The van der Waals surface area contributed by atoms with Crippen molar-refractivity contribution in [2.45, 2.75) is 47.6 Å². The van der Waals surface area contributed by atoms with Crippen molar-refractivity contribution in [3.8, 4) is 11.3 Å². The van der Waals surface area contributed by atoms with Crippen LogP contribution in [0.15, 0.2) is 29.6 Å². The van der Waals surface area contributed by atoms with Crippen molar-refractivity contribution in [2.24, 2.45) is 5.92 Å². The molecule has 2 aromatic heterocycles. The molecule has 0 aliphatic carbocycles. The second-order valence-corrected chi connectivity index (χ2v) is 8.34. The minimum atomic E-state index is -0.0254. The molecule has 0 fully saturated rings. The molecular weight excluding hydrogens is 356 g/mol. The van der Waals surface area contributed by atoms with Gasteiger partial charge in [0.05, 0.1) is 22.8 Å². The van der Waals surface area contributed by atoms with Gasteiger partial charge in [-0.2, -0.15) is 5.10 Å². The third-order valence-corrected chi connectivity index (χ3v) is 5.26. The van der Waals surface area contributed by atoms with Gasteiger partial charge in [-0.3, -0.25) is 9.48 Å². The molecular formula is C21H26N4OS. The second kappa shape index (κ2) is 8.05. The van der Waals surface area contributed by atoms with Gasteiger partial charge in [0, 0.05) is 34.4 Å². The summed E-state index contributed by atoms with van der Waals surface area (Å²) in [5.41, 5.74) is 5.84. The van der Waals surface area contributed by atoms with E-state index in [9.17, 15) is 4.79 Å². The number of nitrogens with zero attached hydrogens (tertiary/aromatic N) is 3. The lowest BCUT2D eigenvalue weighted by Crippen LogP contribution is -2.15. The molecule has 0 aliphatic heterocycles. The quantitative estimate of drug-likeness (QED) is 0.668. The fourth-order valence-corrected chi connectivity index (χ4v) is 3.72. The minimum Gasteiger partial charge on any atom is -0.326 e. The van der Waals surface area contributed by atoms with Gasteiger partial charge in [0.15, 0.2) is 0 Å². The Kier molecular flexibility index (Phi) is 5.75. The summed E-state index contributed by atoms with van der Waals surface area (Å²) in [6, 6.07) is 7.82. The van der Waals surface area contributed by atoms with Crippen molar-refractivity contribution >= 4 is 22.9 Å². The number of anilines is 1. The summed E-state index contributed by atoms with van der Waals surface area (Å²) in [5, 5.41) is 10.7. The summed E-state index contributed by atoms with van der Waals surface area (Å²) in [7, 11) is 0. The van der Waals surface area contributed by atoms with Crippen molar-refractivity contribution in [3.05, 3.63) is 51.6 Å². The van der Waals surface area contributed by atoms with Gasteiger partial charge >= 0.3 is 0 Å².